The van der Waals surface area contributed by atoms with Crippen molar-refractivity contribution < 1.29 is 15.0 Å². The molecule has 0 radical (unpaired) electrons. The number of aliphatic hydroxyl groups is 1. The molecule has 66 valence electrons. The minimum Gasteiger partial charge on any atom is -0.465 e. The van der Waals surface area contributed by atoms with Crippen molar-refractivity contribution in [1.82, 2.24) is 4.90 Å². The van der Waals surface area contributed by atoms with E-state index in [0.29, 0.717) is 6.54 Å². The minimum atomic E-state index is -0.951. The minimum absolute atomic E-state index is 0.101. The number of carbonyl (C=O) groups is 1. The number of nitrogens with zero attached hydrogens (tertiary/aromatic N) is 1. The van der Waals surface area contributed by atoms with Gasteiger partial charge in [0, 0.05) is 13.1 Å². The number of rotatable bonds is 5. The maximum absolute atomic E-state index is 10.4. The normalized spacial score (nSPS) is 9.64. The molecule has 0 unspecified atom stereocenters. The van der Waals surface area contributed by atoms with Crippen LogP contribution in [0.5, 0.6) is 0 Å². The number of amides is 1. The third kappa shape index (κ3) is 4.61. The summed E-state index contributed by atoms with van der Waals surface area (Å²) in [6, 6.07) is 0. The molecular formula is C7H15NO3. The molecular weight excluding hydrogens is 146 g/mol. The lowest BCUT2D eigenvalue weighted by molar-refractivity contribution is 0.131. The Bertz CT molecular complexity index is 116. The van der Waals surface area contributed by atoms with Crippen molar-refractivity contribution in [2.75, 3.05) is 19.7 Å². The van der Waals surface area contributed by atoms with Crippen molar-refractivity contribution in [2.24, 2.45) is 0 Å². The first-order valence-corrected chi connectivity index (χ1v) is 3.81. The SMILES string of the molecule is CCCCN(CCO)C(=O)O. The van der Waals surface area contributed by atoms with Crippen LogP contribution in [0, 0.1) is 0 Å². The van der Waals surface area contributed by atoms with Crippen LogP contribution in [-0.4, -0.2) is 40.9 Å². The van der Waals surface area contributed by atoms with E-state index in [2.05, 4.69) is 0 Å². The van der Waals surface area contributed by atoms with E-state index in [1.807, 2.05) is 6.92 Å². The zero-order valence-corrected chi connectivity index (χ0v) is 6.79. The number of hydrogen-bond acceptors (Lipinski definition) is 2. The molecule has 0 spiro atoms. The first kappa shape index (κ1) is 10.2. The number of unbranched alkanes of at least 4 members (excludes halogenated alkanes) is 1. The molecule has 4 heteroatoms. The first-order chi connectivity index (χ1) is 5.22. The summed E-state index contributed by atoms with van der Waals surface area (Å²) in [6.07, 6.45) is 0.870. The lowest BCUT2D eigenvalue weighted by atomic mass is 10.3. The molecule has 11 heavy (non-hydrogen) atoms. The maximum atomic E-state index is 10.4. The summed E-state index contributed by atoms with van der Waals surface area (Å²) in [7, 11) is 0. The van der Waals surface area contributed by atoms with Crippen molar-refractivity contribution in [3.05, 3.63) is 0 Å². The van der Waals surface area contributed by atoms with Gasteiger partial charge in [0.1, 0.15) is 0 Å². The summed E-state index contributed by atoms with van der Waals surface area (Å²) < 4.78 is 0. The number of hydrogen-bond donors (Lipinski definition) is 2. The molecule has 0 atom stereocenters. The van der Waals surface area contributed by atoms with E-state index < -0.39 is 6.09 Å². The summed E-state index contributed by atoms with van der Waals surface area (Å²) >= 11 is 0. The molecule has 0 aliphatic heterocycles. The highest BCUT2D eigenvalue weighted by Crippen LogP contribution is 1.94. The van der Waals surface area contributed by atoms with Crippen LogP contribution >= 0.6 is 0 Å². The lowest BCUT2D eigenvalue weighted by Gasteiger charge is -2.16. The molecule has 0 aliphatic carbocycles. The van der Waals surface area contributed by atoms with Gasteiger partial charge in [-0.2, -0.15) is 0 Å². The highest BCUT2D eigenvalue weighted by molar-refractivity contribution is 5.64. The smallest absolute Gasteiger partial charge is 0.407 e. The van der Waals surface area contributed by atoms with Crippen molar-refractivity contribution in [2.45, 2.75) is 19.8 Å². The van der Waals surface area contributed by atoms with Crippen LogP contribution in [0.4, 0.5) is 4.79 Å². The Morgan fingerprint density at radius 3 is 2.45 bits per heavy atom. The topological polar surface area (TPSA) is 60.8 Å². The van der Waals surface area contributed by atoms with Crippen molar-refractivity contribution >= 4 is 6.09 Å². The molecule has 0 saturated heterocycles. The zero-order valence-electron chi connectivity index (χ0n) is 6.79. The van der Waals surface area contributed by atoms with Crippen LogP contribution < -0.4 is 0 Å². The van der Waals surface area contributed by atoms with E-state index in [1.54, 1.807) is 0 Å². The average Bonchev–Trinajstić information content (AvgIpc) is 1.97. The van der Waals surface area contributed by atoms with Gasteiger partial charge in [-0.1, -0.05) is 13.3 Å². The van der Waals surface area contributed by atoms with Gasteiger partial charge in [-0.25, -0.2) is 4.79 Å². The molecule has 0 fully saturated rings. The molecule has 0 aliphatic rings. The Kier molecular flexibility index (Phi) is 5.56. The highest BCUT2D eigenvalue weighted by atomic mass is 16.4. The molecule has 0 aromatic carbocycles. The van der Waals surface area contributed by atoms with Crippen LogP contribution in [0.25, 0.3) is 0 Å². The molecule has 0 heterocycles. The zero-order chi connectivity index (χ0) is 8.69. The van der Waals surface area contributed by atoms with Gasteiger partial charge in [0.05, 0.1) is 6.61 Å². The molecule has 0 aromatic heterocycles. The molecule has 0 saturated carbocycles. The van der Waals surface area contributed by atoms with E-state index >= 15 is 0 Å². The molecule has 0 bridgehead atoms. The van der Waals surface area contributed by atoms with Gasteiger partial charge in [0.15, 0.2) is 0 Å². The molecule has 0 rings (SSSR count). The Morgan fingerprint density at radius 2 is 2.09 bits per heavy atom. The second-order valence-corrected chi connectivity index (χ2v) is 2.35. The third-order valence-corrected chi connectivity index (χ3v) is 1.42. The highest BCUT2D eigenvalue weighted by Gasteiger charge is 2.08. The Morgan fingerprint density at radius 1 is 1.45 bits per heavy atom. The van der Waals surface area contributed by atoms with Crippen LogP contribution in [0.3, 0.4) is 0 Å². The van der Waals surface area contributed by atoms with Crippen molar-refractivity contribution in [1.29, 1.82) is 0 Å². The second-order valence-electron chi connectivity index (χ2n) is 2.35. The van der Waals surface area contributed by atoms with Crippen LogP contribution in [0.15, 0.2) is 0 Å². The molecule has 1 amide bonds. The summed E-state index contributed by atoms with van der Waals surface area (Å²) in [6.45, 7) is 2.64. The fourth-order valence-corrected chi connectivity index (χ4v) is 0.773. The maximum Gasteiger partial charge on any atom is 0.407 e. The average molecular weight is 161 g/mol. The van der Waals surface area contributed by atoms with Crippen LogP contribution in [0.2, 0.25) is 0 Å². The Labute approximate surface area is 66.4 Å². The first-order valence-electron chi connectivity index (χ1n) is 3.81. The standard InChI is InChI=1S/C7H15NO3/c1-2-3-4-8(5-6-9)7(10)11/h9H,2-6H2,1H3,(H,10,11). The fraction of sp³-hybridized carbons (Fsp3) is 0.857. The van der Waals surface area contributed by atoms with Crippen LogP contribution in [0.1, 0.15) is 19.8 Å². The molecule has 2 N–H and O–H groups in total. The van der Waals surface area contributed by atoms with Gasteiger partial charge in [-0.05, 0) is 6.42 Å². The van der Waals surface area contributed by atoms with Crippen LogP contribution in [-0.2, 0) is 0 Å². The number of aliphatic hydroxyl groups excluding tert-OH is 1. The van der Waals surface area contributed by atoms with E-state index in [9.17, 15) is 4.79 Å². The lowest BCUT2D eigenvalue weighted by Crippen LogP contribution is -2.32. The quantitative estimate of drug-likeness (QED) is 0.625. The Balaban J connectivity index is 3.60. The van der Waals surface area contributed by atoms with Crippen molar-refractivity contribution in [3.8, 4) is 0 Å². The summed E-state index contributed by atoms with van der Waals surface area (Å²) in [5.74, 6) is 0. The van der Waals surface area contributed by atoms with Gasteiger partial charge in [0.25, 0.3) is 0 Å². The van der Waals surface area contributed by atoms with Gasteiger partial charge >= 0.3 is 6.09 Å². The third-order valence-electron chi connectivity index (χ3n) is 1.42. The fourth-order valence-electron chi connectivity index (χ4n) is 0.773. The van der Waals surface area contributed by atoms with Crippen molar-refractivity contribution in [3.63, 3.8) is 0 Å². The molecule has 0 aromatic rings. The van der Waals surface area contributed by atoms with E-state index in [1.165, 1.54) is 4.90 Å². The molecule has 4 nitrogen and oxygen atoms in total. The number of carboxylic acid groups (broad SMARTS) is 1. The van der Waals surface area contributed by atoms with Gasteiger partial charge < -0.3 is 15.1 Å². The largest absolute Gasteiger partial charge is 0.465 e. The van der Waals surface area contributed by atoms with Gasteiger partial charge in [-0.3, -0.25) is 0 Å². The van der Waals surface area contributed by atoms with E-state index in [-0.39, 0.29) is 13.2 Å². The second kappa shape index (κ2) is 5.97. The van der Waals surface area contributed by atoms with Gasteiger partial charge in [-0.15, -0.1) is 0 Å². The predicted molar refractivity (Wildman–Crippen MR) is 41.6 cm³/mol. The summed E-state index contributed by atoms with van der Waals surface area (Å²) in [5, 5.41) is 17.0. The van der Waals surface area contributed by atoms with E-state index in [4.69, 9.17) is 10.2 Å². The van der Waals surface area contributed by atoms with Gasteiger partial charge in [0.2, 0.25) is 0 Å². The summed E-state index contributed by atoms with van der Waals surface area (Å²) in [4.78, 5) is 11.6. The summed E-state index contributed by atoms with van der Waals surface area (Å²) in [5.41, 5.74) is 0. The van der Waals surface area contributed by atoms with E-state index in [0.717, 1.165) is 12.8 Å². The Hall–Kier alpha value is -0.770. The monoisotopic (exact) mass is 161 g/mol. The predicted octanol–water partition coefficient (Wildman–Crippen LogP) is 0.759.